The predicted molar refractivity (Wildman–Crippen MR) is 148 cm³/mol. The molecule has 8 nitrogen and oxygen atoms in total. The Hall–Kier alpha value is -2.18. The van der Waals surface area contributed by atoms with Crippen LogP contribution in [0.25, 0.3) is 0 Å². The van der Waals surface area contributed by atoms with Crippen LogP contribution in [0, 0.1) is 5.82 Å². The number of hydrogen-bond donors (Lipinski definition) is 0. The molecule has 0 saturated carbocycles. The Labute approximate surface area is 230 Å². The topological polar surface area (TPSA) is 51.7 Å². The summed E-state index contributed by atoms with van der Waals surface area (Å²) in [7, 11) is 0.943. The van der Waals surface area contributed by atoms with Crippen LogP contribution in [0.5, 0.6) is 0 Å². The van der Waals surface area contributed by atoms with Crippen LogP contribution in [0.4, 0.5) is 9.52 Å². The number of halogens is 1. The maximum atomic E-state index is 13.5. The lowest BCUT2D eigenvalue weighted by Gasteiger charge is -2.33. The zero-order chi connectivity index (χ0) is 26.2. The van der Waals surface area contributed by atoms with E-state index in [9.17, 15) is 8.60 Å². The number of anilines is 1. The molecule has 3 unspecified atom stereocenters. The van der Waals surface area contributed by atoms with Crippen LogP contribution in [0.1, 0.15) is 37.1 Å². The van der Waals surface area contributed by atoms with Gasteiger partial charge in [0.1, 0.15) is 29.5 Å². The molecule has 3 aliphatic heterocycles. The zero-order valence-electron chi connectivity index (χ0n) is 22.2. The first-order valence-electron chi connectivity index (χ1n) is 13.6. The summed E-state index contributed by atoms with van der Waals surface area (Å²) >= 11 is 1.69. The van der Waals surface area contributed by atoms with E-state index in [0.717, 1.165) is 67.8 Å². The van der Waals surface area contributed by atoms with Gasteiger partial charge in [0.05, 0.1) is 31.7 Å². The van der Waals surface area contributed by atoms with Gasteiger partial charge in [-0.15, -0.1) is 0 Å². The minimum absolute atomic E-state index is 0.0762. The average Bonchev–Trinajstić information content (AvgIpc) is 3.68. The third-order valence-electron chi connectivity index (χ3n) is 8.29. The molecule has 6 rings (SSSR count). The molecule has 0 N–H and O–H groups in total. The summed E-state index contributed by atoms with van der Waals surface area (Å²) in [5.74, 6) is -0.221. The van der Waals surface area contributed by atoms with Gasteiger partial charge in [0.15, 0.2) is 4.21 Å². The van der Waals surface area contributed by atoms with Crippen LogP contribution in [-0.4, -0.2) is 86.3 Å². The van der Waals surface area contributed by atoms with E-state index in [1.54, 1.807) is 11.3 Å². The predicted octanol–water partition coefficient (Wildman–Crippen LogP) is 2.64. The maximum Gasteiger partial charge on any atom is 0.337 e. The van der Waals surface area contributed by atoms with Gasteiger partial charge in [-0.25, -0.2) is 27.4 Å². The fourth-order valence-electron chi connectivity index (χ4n) is 6.05. The normalized spacial score (nSPS) is 23.0. The number of thiazole rings is 1. The van der Waals surface area contributed by atoms with Gasteiger partial charge in [-0.2, -0.15) is 0 Å². The number of rotatable bonds is 7. The molecule has 38 heavy (non-hydrogen) atoms. The van der Waals surface area contributed by atoms with E-state index in [2.05, 4.69) is 53.3 Å². The van der Waals surface area contributed by atoms with Crippen LogP contribution >= 0.6 is 11.3 Å². The van der Waals surface area contributed by atoms with Gasteiger partial charge in [-0.1, -0.05) is 12.1 Å². The molecule has 3 fully saturated rings. The number of fused-ring (bicyclic) bond motifs is 1. The van der Waals surface area contributed by atoms with Crippen molar-refractivity contribution in [1.29, 1.82) is 0 Å². The van der Waals surface area contributed by atoms with Gasteiger partial charge in [0.2, 0.25) is 0 Å². The van der Waals surface area contributed by atoms with Gasteiger partial charge in [0, 0.05) is 51.5 Å². The molecule has 3 aliphatic rings. The molecule has 204 valence electrons. The monoisotopic (exact) mass is 558 g/mol. The quantitative estimate of drug-likeness (QED) is 0.418. The van der Waals surface area contributed by atoms with E-state index in [1.165, 1.54) is 36.7 Å². The highest BCUT2D eigenvalue weighted by atomic mass is 32.2. The Bertz CT molecular complexity index is 1270. The first-order chi connectivity index (χ1) is 18.5. The van der Waals surface area contributed by atoms with E-state index in [-0.39, 0.29) is 11.9 Å². The van der Waals surface area contributed by atoms with Crippen molar-refractivity contribution < 1.29 is 13.2 Å². The molecule has 0 bridgehead atoms. The molecule has 3 saturated heterocycles. The second-order valence-corrected chi connectivity index (χ2v) is 13.4. The summed E-state index contributed by atoms with van der Waals surface area (Å²) in [5, 5.41) is 1.22. The van der Waals surface area contributed by atoms with Gasteiger partial charge >= 0.3 is 5.13 Å². The Morgan fingerprint density at radius 1 is 1.13 bits per heavy atom. The van der Waals surface area contributed by atoms with E-state index in [4.69, 9.17) is 0 Å². The third-order valence-corrected chi connectivity index (χ3v) is 11.3. The summed E-state index contributed by atoms with van der Waals surface area (Å²) in [6, 6.07) is 7.43. The minimum atomic E-state index is -1.14. The second-order valence-electron chi connectivity index (χ2n) is 10.7. The molecule has 0 amide bonds. The Balaban J connectivity index is 1.05. The lowest BCUT2D eigenvalue weighted by molar-refractivity contribution is -0.656. The van der Waals surface area contributed by atoms with Gasteiger partial charge in [-0.05, 0) is 55.3 Å². The van der Waals surface area contributed by atoms with Crippen molar-refractivity contribution >= 4 is 27.5 Å². The molecular weight excluding hydrogens is 521 g/mol. The highest BCUT2D eigenvalue weighted by Gasteiger charge is 2.37. The summed E-state index contributed by atoms with van der Waals surface area (Å²) in [6.07, 6.45) is 8.45. The summed E-state index contributed by atoms with van der Waals surface area (Å²) < 4.78 is 34.3. The summed E-state index contributed by atoms with van der Waals surface area (Å²) in [5.41, 5.74) is 2.19. The minimum Gasteiger partial charge on any atom is -0.326 e. The van der Waals surface area contributed by atoms with Crippen LogP contribution in [0.2, 0.25) is 0 Å². The first-order valence-corrected chi connectivity index (χ1v) is 15.5. The van der Waals surface area contributed by atoms with Crippen LogP contribution < -0.4 is 9.47 Å². The number of aryl methyl sites for hydroxylation is 1. The fraction of sp³-hybridized carbons (Fsp3) is 0.556. The van der Waals surface area contributed by atoms with Crippen LogP contribution in [-0.2, 0) is 24.6 Å². The lowest BCUT2D eigenvalue weighted by Crippen LogP contribution is -2.52. The standard InChI is InChI=1S/C27H37FN7OS2/c1-21(22-5-7-23(28)8-6-22)35-20-29-16-25(35)17-31-10-14-34(15-11-31)38(36)26-19-30(2)27(37-26)33-13-12-32-9-3-4-24(32)18-33/h5-8,16,19-21,24H,3-4,9-15,17-18H2,1-2H3/q+1. The van der Waals surface area contributed by atoms with Crippen LogP contribution in [0.15, 0.2) is 47.2 Å². The van der Waals surface area contributed by atoms with E-state index >= 15 is 0 Å². The molecule has 2 aromatic heterocycles. The lowest BCUT2D eigenvalue weighted by atomic mass is 10.1. The van der Waals surface area contributed by atoms with Crippen molar-refractivity contribution in [1.82, 2.24) is 23.7 Å². The largest absolute Gasteiger partial charge is 0.337 e. The number of aromatic nitrogens is 3. The number of hydrogen-bond acceptors (Lipinski definition) is 6. The molecular formula is C27H37FN7OS2+. The molecule has 3 aromatic rings. The molecule has 1 aromatic carbocycles. The van der Waals surface area contributed by atoms with Crippen molar-refractivity contribution in [2.24, 2.45) is 7.05 Å². The zero-order valence-corrected chi connectivity index (χ0v) is 23.8. The molecule has 0 aliphatic carbocycles. The number of benzene rings is 1. The van der Waals surface area contributed by atoms with Crippen molar-refractivity contribution in [3.8, 4) is 0 Å². The molecule has 11 heteroatoms. The van der Waals surface area contributed by atoms with Gasteiger partial charge in [-0.3, -0.25) is 9.80 Å². The fourth-order valence-corrected chi connectivity index (χ4v) is 8.75. The Morgan fingerprint density at radius 3 is 2.71 bits per heavy atom. The molecule has 5 heterocycles. The maximum absolute atomic E-state index is 13.5. The van der Waals surface area contributed by atoms with E-state index in [1.807, 2.05) is 24.7 Å². The van der Waals surface area contributed by atoms with E-state index in [0.29, 0.717) is 6.04 Å². The Kier molecular flexibility index (Phi) is 7.63. The average molecular weight is 559 g/mol. The van der Waals surface area contributed by atoms with E-state index < -0.39 is 11.0 Å². The number of nitrogens with zero attached hydrogens (tertiary/aromatic N) is 7. The highest BCUT2D eigenvalue weighted by molar-refractivity contribution is 7.85. The SMILES string of the molecule is CC(c1ccc(F)cc1)n1cncc1CN1CCN(S(=O)c2c[n+](C)c(N3CCN4CCCC4C3)s2)CC1. The molecule has 0 spiro atoms. The van der Waals surface area contributed by atoms with Crippen molar-refractivity contribution in [2.75, 3.05) is 57.3 Å². The Morgan fingerprint density at radius 2 is 1.92 bits per heavy atom. The smallest absolute Gasteiger partial charge is 0.326 e. The third kappa shape index (κ3) is 5.31. The number of imidazole rings is 1. The first kappa shape index (κ1) is 26.1. The molecule has 3 atom stereocenters. The van der Waals surface area contributed by atoms with Gasteiger partial charge < -0.3 is 4.57 Å². The highest BCUT2D eigenvalue weighted by Crippen LogP contribution is 2.30. The second kappa shape index (κ2) is 11.1. The summed E-state index contributed by atoms with van der Waals surface area (Å²) in [6.45, 7) is 10.7. The van der Waals surface area contributed by atoms with Crippen molar-refractivity contribution in [2.45, 2.75) is 42.6 Å². The number of piperazine rings is 2. The van der Waals surface area contributed by atoms with Gasteiger partial charge in [0.25, 0.3) is 0 Å². The van der Waals surface area contributed by atoms with Crippen molar-refractivity contribution in [3.63, 3.8) is 0 Å². The van der Waals surface area contributed by atoms with Crippen molar-refractivity contribution in [3.05, 3.63) is 60.1 Å². The van der Waals surface area contributed by atoms with Crippen LogP contribution in [0.3, 0.4) is 0 Å². The summed E-state index contributed by atoms with van der Waals surface area (Å²) in [4.78, 5) is 11.9. The molecule has 0 radical (unpaired) electrons.